The SMILES string of the molecule is Cc1ccc(S(=O)(=O)NCCCCCCl)cc1. The van der Waals surface area contributed by atoms with E-state index in [4.69, 9.17) is 11.6 Å². The highest BCUT2D eigenvalue weighted by atomic mass is 35.5. The Bertz CT molecular complexity index is 428. The van der Waals surface area contributed by atoms with Gasteiger partial charge in [0, 0.05) is 12.4 Å². The largest absolute Gasteiger partial charge is 0.240 e. The van der Waals surface area contributed by atoms with E-state index in [9.17, 15) is 8.42 Å². The van der Waals surface area contributed by atoms with Crippen molar-refractivity contribution < 1.29 is 8.42 Å². The predicted molar refractivity (Wildman–Crippen MR) is 70.9 cm³/mol. The molecule has 0 aliphatic rings. The minimum absolute atomic E-state index is 0.320. The van der Waals surface area contributed by atoms with Crippen molar-refractivity contribution in [3.8, 4) is 0 Å². The summed E-state index contributed by atoms with van der Waals surface area (Å²) < 4.78 is 26.3. The molecule has 0 aliphatic carbocycles. The van der Waals surface area contributed by atoms with Crippen molar-refractivity contribution in [2.45, 2.75) is 31.1 Å². The topological polar surface area (TPSA) is 46.2 Å². The van der Waals surface area contributed by atoms with Gasteiger partial charge in [-0.1, -0.05) is 24.1 Å². The zero-order valence-corrected chi connectivity index (χ0v) is 11.5. The maximum Gasteiger partial charge on any atom is 0.240 e. The quantitative estimate of drug-likeness (QED) is 0.614. The standard InChI is InChI=1S/C12H18ClNO2S/c1-11-5-7-12(8-6-11)17(15,16)14-10-4-2-3-9-13/h5-8,14H,2-4,9-10H2,1H3. The Kier molecular flexibility index (Phi) is 5.95. The summed E-state index contributed by atoms with van der Waals surface area (Å²) in [6, 6.07) is 6.83. The van der Waals surface area contributed by atoms with Gasteiger partial charge in [0.05, 0.1) is 4.90 Å². The van der Waals surface area contributed by atoms with E-state index in [2.05, 4.69) is 4.72 Å². The molecule has 0 heterocycles. The molecular formula is C12H18ClNO2S. The first-order chi connectivity index (χ1) is 8.06. The average molecular weight is 276 g/mol. The summed E-state index contributed by atoms with van der Waals surface area (Å²) in [7, 11) is -3.35. The van der Waals surface area contributed by atoms with Crippen LogP contribution in [-0.2, 0) is 10.0 Å². The van der Waals surface area contributed by atoms with Crippen LogP contribution in [-0.4, -0.2) is 20.8 Å². The molecule has 0 amide bonds. The number of unbranched alkanes of at least 4 members (excludes halogenated alkanes) is 2. The van der Waals surface area contributed by atoms with Gasteiger partial charge in [0.1, 0.15) is 0 Å². The highest BCUT2D eigenvalue weighted by Gasteiger charge is 2.12. The second kappa shape index (κ2) is 6.99. The van der Waals surface area contributed by atoms with Crippen LogP contribution in [0.5, 0.6) is 0 Å². The third kappa shape index (κ3) is 5.06. The molecule has 0 unspecified atom stereocenters. The fourth-order valence-corrected chi connectivity index (χ4v) is 2.67. The van der Waals surface area contributed by atoms with Crippen LogP contribution < -0.4 is 4.72 Å². The Labute approximate surface area is 108 Å². The first-order valence-corrected chi connectivity index (χ1v) is 7.70. The molecular weight excluding hydrogens is 258 g/mol. The molecule has 0 bridgehead atoms. The van der Waals surface area contributed by atoms with Crippen LogP contribution in [0.2, 0.25) is 0 Å². The van der Waals surface area contributed by atoms with Gasteiger partial charge in [0.2, 0.25) is 10.0 Å². The Morgan fingerprint density at radius 1 is 1.12 bits per heavy atom. The molecule has 1 aromatic carbocycles. The normalized spacial score (nSPS) is 11.6. The molecule has 1 N–H and O–H groups in total. The number of hydrogen-bond donors (Lipinski definition) is 1. The number of sulfonamides is 1. The van der Waals surface area contributed by atoms with Crippen LogP contribution in [0, 0.1) is 6.92 Å². The summed E-state index contributed by atoms with van der Waals surface area (Å²) in [5, 5.41) is 0. The van der Waals surface area contributed by atoms with E-state index in [1.807, 2.05) is 6.92 Å². The molecule has 0 spiro atoms. The zero-order chi connectivity index (χ0) is 12.7. The van der Waals surface area contributed by atoms with Gasteiger partial charge >= 0.3 is 0 Å². The van der Waals surface area contributed by atoms with Gasteiger partial charge in [-0.05, 0) is 31.9 Å². The third-order valence-electron chi connectivity index (χ3n) is 2.43. The fraction of sp³-hybridized carbons (Fsp3) is 0.500. The Balaban J connectivity index is 2.48. The fourth-order valence-electron chi connectivity index (χ4n) is 1.40. The number of aryl methyl sites for hydroxylation is 1. The summed E-state index contributed by atoms with van der Waals surface area (Å²) in [5.74, 6) is 0.630. The van der Waals surface area contributed by atoms with E-state index in [-0.39, 0.29) is 0 Å². The molecule has 96 valence electrons. The first-order valence-electron chi connectivity index (χ1n) is 5.68. The molecule has 0 saturated heterocycles. The molecule has 0 saturated carbocycles. The van der Waals surface area contributed by atoms with Crippen LogP contribution in [0.1, 0.15) is 24.8 Å². The van der Waals surface area contributed by atoms with Crippen molar-refractivity contribution in [1.29, 1.82) is 0 Å². The van der Waals surface area contributed by atoms with Gasteiger partial charge in [-0.15, -0.1) is 11.6 Å². The Morgan fingerprint density at radius 3 is 2.35 bits per heavy atom. The van der Waals surface area contributed by atoms with Crippen molar-refractivity contribution in [3.63, 3.8) is 0 Å². The molecule has 0 aliphatic heterocycles. The zero-order valence-electron chi connectivity index (χ0n) is 9.95. The van der Waals surface area contributed by atoms with E-state index < -0.39 is 10.0 Å². The Morgan fingerprint density at radius 2 is 1.76 bits per heavy atom. The predicted octanol–water partition coefficient (Wildman–Crippen LogP) is 2.68. The number of nitrogens with one attached hydrogen (secondary N) is 1. The minimum atomic E-state index is -3.35. The molecule has 3 nitrogen and oxygen atoms in total. The van der Waals surface area contributed by atoms with Crippen LogP contribution in [0.3, 0.4) is 0 Å². The van der Waals surface area contributed by atoms with Crippen molar-refractivity contribution in [1.82, 2.24) is 4.72 Å². The van der Waals surface area contributed by atoms with Gasteiger partial charge in [-0.25, -0.2) is 13.1 Å². The van der Waals surface area contributed by atoms with E-state index in [1.165, 1.54) is 0 Å². The van der Waals surface area contributed by atoms with Crippen LogP contribution in [0.25, 0.3) is 0 Å². The van der Waals surface area contributed by atoms with Crippen LogP contribution in [0.15, 0.2) is 29.2 Å². The lowest BCUT2D eigenvalue weighted by Crippen LogP contribution is -2.24. The summed E-state index contributed by atoms with van der Waals surface area (Å²) in [4.78, 5) is 0.320. The minimum Gasteiger partial charge on any atom is -0.211 e. The summed E-state index contributed by atoms with van der Waals surface area (Å²) in [6.07, 6.45) is 2.69. The van der Waals surface area contributed by atoms with Crippen molar-refractivity contribution in [2.75, 3.05) is 12.4 Å². The molecule has 5 heteroatoms. The van der Waals surface area contributed by atoms with E-state index in [1.54, 1.807) is 24.3 Å². The number of halogens is 1. The van der Waals surface area contributed by atoms with Gasteiger partial charge < -0.3 is 0 Å². The number of hydrogen-bond acceptors (Lipinski definition) is 2. The Hall–Kier alpha value is -0.580. The van der Waals surface area contributed by atoms with Gasteiger partial charge in [-0.3, -0.25) is 0 Å². The smallest absolute Gasteiger partial charge is 0.211 e. The van der Waals surface area contributed by atoms with Crippen LogP contribution >= 0.6 is 11.6 Å². The van der Waals surface area contributed by atoms with Gasteiger partial charge in [-0.2, -0.15) is 0 Å². The summed E-state index contributed by atoms with van der Waals surface area (Å²) >= 11 is 5.54. The van der Waals surface area contributed by atoms with Crippen molar-refractivity contribution in [3.05, 3.63) is 29.8 Å². The molecule has 0 atom stereocenters. The lowest BCUT2D eigenvalue weighted by atomic mass is 10.2. The van der Waals surface area contributed by atoms with Gasteiger partial charge in [0.15, 0.2) is 0 Å². The van der Waals surface area contributed by atoms with Gasteiger partial charge in [0.25, 0.3) is 0 Å². The van der Waals surface area contributed by atoms with E-state index in [0.717, 1.165) is 24.8 Å². The maximum absolute atomic E-state index is 11.8. The molecule has 0 fully saturated rings. The number of benzene rings is 1. The number of alkyl halides is 1. The van der Waals surface area contributed by atoms with Crippen molar-refractivity contribution >= 4 is 21.6 Å². The molecule has 0 aromatic heterocycles. The second-order valence-corrected chi connectivity index (χ2v) is 6.11. The summed E-state index contributed by atoms with van der Waals surface area (Å²) in [6.45, 7) is 2.39. The first kappa shape index (κ1) is 14.5. The molecule has 1 rings (SSSR count). The highest BCUT2D eigenvalue weighted by molar-refractivity contribution is 7.89. The van der Waals surface area contributed by atoms with E-state index >= 15 is 0 Å². The third-order valence-corrected chi connectivity index (χ3v) is 4.18. The van der Waals surface area contributed by atoms with Crippen molar-refractivity contribution in [2.24, 2.45) is 0 Å². The molecule has 17 heavy (non-hydrogen) atoms. The number of rotatable bonds is 7. The second-order valence-electron chi connectivity index (χ2n) is 3.96. The van der Waals surface area contributed by atoms with Crippen LogP contribution in [0.4, 0.5) is 0 Å². The van der Waals surface area contributed by atoms with E-state index in [0.29, 0.717) is 17.3 Å². The maximum atomic E-state index is 11.8. The lowest BCUT2D eigenvalue weighted by Gasteiger charge is -2.06. The molecule has 0 radical (unpaired) electrons. The summed E-state index contributed by atoms with van der Waals surface area (Å²) in [5.41, 5.74) is 1.05. The average Bonchev–Trinajstić information content (AvgIpc) is 2.29. The lowest BCUT2D eigenvalue weighted by molar-refractivity contribution is 0.576. The molecule has 1 aromatic rings. The highest BCUT2D eigenvalue weighted by Crippen LogP contribution is 2.09. The monoisotopic (exact) mass is 275 g/mol.